The van der Waals surface area contributed by atoms with E-state index in [-0.39, 0.29) is 28.9 Å². The largest absolute Gasteiger partial charge is 0.464 e. The standard InChI is InChI=1S/C17H15ClF3N5O2/c1-3-10(6-28-8(2)27)24-16-14(13-11(20)4-9(19)5-12(13)21)15(18)25-17-22-7-23-26(16)17/h4-5,7,10,24H,3,6H2,1-2H3. The van der Waals surface area contributed by atoms with Gasteiger partial charge in [-0.1, -0.05) is 18.5 Å². The lowest BCUT2D eigenvalue weighted by molar-refractivity contribution is -0.141. The summed E-state index contributed by atoms with van der Waals surface area (Å²) in [4.78, 5) is 19.0. The summed E-state index contributed by atoms with van der Waals surface area (Å²) in [5, 5.41) is 6.77. The molecule has 1 aromatic carbocycles. The molecule has 3 aromatic rings. The van der Waals surface area contributed by atoms with Gasteiger partial charge in [-0.3, -0.25) is 4.79 Å². The number of halogens is 4. The highest BCUT2D eigenvalue weighted by molar-refractivity contribution is 6.33. The van der Waals surface area contributed by atoms with Gasteiger partial charge in [-0.25, -0.2) is 13.2 Å². The molecule has 0 aliphatic heterocycles. The number of nitrogens with one attached hydrogen (secondary N) is 1. The van der Waals surface area contributed by atoms with Crippen LogP contribution in [0.15, 0.2) is 18.5 Å². The van der Waals surface area contributed by atoms with Gasteiger partial charge in [0.05, 0.1) is 17.2 Å². The van der Waals surface area contributed by atoms with Crippen LogP contribution in [0, 0.1) is 17.5 Å². The Hall–Kier alpha value is -2.88. The summed E-state index contributed by atoms with van der Waals surface area (Å²) >= 11 is 6.19. The number of hydrogen-bond acceptors (Lipinski definition) is 6. The zero-order chi connectivity index (χ0) is 20.4. The summed E-state index contributed by atoms with van der Waals surface area (Å²) in [6.07, 6.45) is 1.69. The van der Waals surface area contributed by atoms with Crippen molar-refractivity contribution in [3.63, 3.8) is 0 Å². The fraction of sp³-hybridized carbons (Fsp3) is 0.294. The second-order valence-electron chi connectivity index (χ2n) is 5.89. The molecule has 0 aliphatic carbocycles. The molecule has 2 aromatic heterocycles. The number of nitrogens with zero attached hydrogens (tertiary/aromatic N) is 4. The molecule has 7 nitrogen and oxygen atoms in total. The van der Waals surface area contributed by atoms with Crippen LogP contribution in [0.2, 0.25) is 5.15 Å². The van der Waals surface area contributed by atoms with E-state index in [4.69, 9.17) is 16.3 Å². The van der Waals surface area contributed by atoms with Crippen molar-refractivity contribution in [2.45, 2.75) is 26.3 Å². The number of esters is 1. The Kier molecular flexibility index (Phi) is 5.68. The Morgan fingerprint density at radius 1 is 1.29 bits per heavy atom. The van der Waals surface area contributed by atoms with Gasteiger partial charge in [0.15, 0.2) is 0 Å². The molecule has 0 radical (unpaired) electrons. The predicted molar refractivity (Wildman–Crippen MR) is 95.4 cm³/mol. The van der Waals surface area contributed by atoms with E-state index >= 15 is 0 Å². The molecule has 0 saturated heterocycles. The number of benzene rings is 1. The number of fused-ring (bicyclic) bond motifs is 1. The first kappa shape index (κ1) is 19.9. The van der Waals surface area contributed by atoms with Crippen LogP contribution in [0.25, 0.3) is 16.9 Å². The van der Waals surface area contributed by atoms with E-state index in [2.05, 4.69) is 20.4 Å². The Labute approximate surface area is 162 Å². The summed E-state index contributed by atoms with van der Waals surface area (Å²) in [5.41, 5.74) is -0.725. The van der Waals surface area contributed by atoms with Gasteiger partial charge in [0.1, 0.15) is 41.4 Å². The van der Waals surface area contributed by atoms with Crippen LogP contribution in [-0.2, 0) is 9.53 Å². The van der Waals surface area contributed by atoms with E-state index in [1.54, 1.807) is 0 Å². The number of hydrogen-bond donors (Lipinski definition) is 1. The zero-order valence-corrected chi connectivity index (χ0v) is 15.6. The minimum Gasteiger partial charge on any atom is -0.464 e. The van der Waals surface area contributed by atoms with Crippen molar-refractivity contribution in [3.8, 4) is 11.1 Å². The molecule has 2 heterocycles. The highest BCUT2D eigenvalue weighted by atomic mass is 35.5. The van der Waals surface area contributed by atoms with Crippen molar-refractivity contribution in [2.24, 2.45) is 0 Å². The van der Waals surface area contributed by atoms with E-state index in [1.807, 2.05) is 6.92 Å². The van der Waals surface area contributed by atoms with Crippen LogP contribution in [-0.4, -0.2) is 38.2 Å². The average molecular weight is 414 g/mol. The Balaban J connectivity index is 2.19. The van der Waals surface area contributed by atoms with Crippen molar-refractivity contribution < 1.29 is 22.7 Å². The highest BCUT2D eigenvalue weighted by Gasteiger charge is 2.25. The molecule has 0 saturated carbocycles. The topological polar surface area (TPSA) is 81.4 Å². The maximum absolute atomic E-state index is 14.4. The molecule has 1 atom stereocenters. The van der Waals surface area contributed by atoms with E-state index in [0.29, 0.717) is 18.6 Å². The number of aromatic nitrogens is 4. The minimum absolute atomic E-state index is 0.00418. The molecular formula is C17H15ClF3N5O2. The summed E-state index contributed by atoms with van der Waals surface area (Å²) < 4.78 is 48.5. The second kappa shape index (κ2) is 8.01. The molecule has 0 bridgehead atoms. The third-order valence-electron chi connectivity index (χ3n) is 3.96. The van der Waals surface area contributed by atoms with Gasteiger partial charge < -0.3 is 10.1 Å². The lowest BCUT2D eigenvalue weighted by atomic mass is 10.1. The first-order valence-electron chi connectivity index (χ1n) is 8.25. The molecule has 3 rings (SSSR count). The summed E-state index contributed by atoms with van der Waals surface area (Å²) in [6.45, 7) is 3.08. The van der Waals surface area contributed by atoms with Gasteiger partial charge in [-0.05, 0) is 6.42 Å². The smallest absolute Gasteiger partial charge is 0.302 e. The van der Waals surface area contributed by atoms with E-state index in [1.165, 1.54) is 17.8 Å². The lowest BCUT2D eigenvalue weighted by Gasteiger charge is -2.21. The second-order valence-corrected chi connectivity index (χ2v) is 6.25. The fourth-order valence-electron chi connectivity index (χ4n) is 2.63. The van der Waals surface area contributed by atoms with E-state index < -0.39 is 35.0 Å². The van der Waals surface area contributed by atoms with Crippen molar-refractivity contribution in [3.05, 3.63) is 41.1 Å². The van der Waals surface area contributed by atoms with Crippen molar-refractivity contribution in [2.75, 3.05) is 11.9 Å². The zero-order valence-electron chi connectivity index (χ0n) is 14.8. The first-order valence-corrected chi connectivity index (χ1v) is 8.63. The Morgan fingerprint density at radius 2 is 1.96 bits per heavy atom. The van der Waals surface area contributed by atoms with Gasteiger partial charge >= 0.3 is 5.97 Å². The Bertz CT molecular complexity index is 1020. The average Bonchev–Trinajstić information content (AvgIpc) is 3.07. The molecule has 1 N–H and O–H groups in total. The maximum atomic E-state index is 14.4. The van der Waals surface area contributed by atoms with Gasteiger partial charge in [-0.2, -0.15) is 19.6 Å². The molecule has 0 spiro atoms. The van der Waals surface area contributed by atoms with E-state index in [0.717, 1.165) is 0 Å². The third kappa shape index (κ3) is 3.86. The van der Waals surface area contributed by atoms with Crippen molar-refractivity contribution in [1.29, 1.82) is 0 Å². The quantitative estimate of drug-likeness (QED) is 0.491. The van der Waals surface area contributed by atoms with Crippen molar-refractivity contribution in [1.82, 2.24) is 19.6 Å². The SMILES string of the molecule is CCC(COC(C)=O)Nc1c(-c2c(F)cc(F)cc2F)c(Cl)nc2ncnn12. The molecule has 148 valence electrons. The maximum Gasteiger partial charge on any atom is 0.302 e. The number of carbonyl (C=O) groups excluding carboxylic acids is 1. The van der Waals surface area contributed by atoms with Gasteiger partial charge in [0.25, 0.3) is 5.78 Å². The molecule has 0 amide bonds. The number of ether oxygens (including phenoxy) is 1. The highest BCUT2D eigenvalue weighted by Crippen LogP contribution is 2.38. The normalized spacial score (nSPS) is 12.2. The summed E-state index contributed by atoms with van der Waals surface area (Å²) in [5.74, 6) is -3.69. The summed E-state index contributed by atoms with van der Waals surface area (Å²) in [6, 6.07) is 0.653. The van der Waals surface area contributed by atoms with Crippen molar-refractivity contribution >= 4 is 29.2 Å². The van der Waals surface area contributed by atoms with Crippen LogP contribution in [0.5, 0.6) is 0 Å². The van der Waals surface area contributed by atoms with Crippen LogP contribution >= 0.6 is 11.6 Å². The van der Waals surface area contributed by atoms with Crippen LogP contribution in [0.4, 0.5) is 19.0 Å². The third-order valence-corrected chi connectivity index (χ3v) is 4.23. The lowest BCUT2D eigenvalue weighted by Crippen LogP contribution is -2.27. The molecule has 0 fully saturated rings. The Morgan fingerprint density at radius 3 is 2.57 bits per heavy atom. The van der Waals surface area contributed by atoms with Gasteiger partial charge in [-0.15, -0.1) is 0 Å². The van der Waals surface area contributed by atoms with Crippen LogP contribution in [0.1, 0.15) is 20.3 Å². The molecule has 28 heavy (non-hydrogen) atoms. The number of rotatable bonds is 6. The monoisotopic (exact) mass is 413 g/mol. The van der Waals surface area contributed by atoms with Crippen LogP contribution in [0.3, 0.4) is 0 Å². The van der Waals surface area contributed by atoms with Gasteiger partial charge in [0.2, 0.25) is 0 Å². The van der Waals surface area contributed by atoms with E-state index in [9.17, 15) is 18.0 Å². The summed E-state index contributed by atoms with van der Waals surface area (Å²) in [7, 11) is 0. The van der Waals surface area contributed by atoms with Gasteiger partial charge in [0, 0.05) is 19.1 Å². The molecule has 0 aliphatic rings. The predicted octanol–water partition coefficient (Wildman–Crippen LogP) is 3.62. The minimum atomic E-state index is -1.16. The first-order chi connectivity index (χ1) is 13.3. The van der Waals surface area contributed by atoms with Crippen LogP contribution < -0.4 is 5.32 Å². The number of carbonyl (C=O) groups is 1. The fourth-order valence-corrected chi connectivity index (χ4v) is 2.89. The molecule has 1 unspecified atom stereocenters. The molecule has 11 heteroatoms. The molecular weight excluding hydrogens is 399 g/mol. The number of anilines is 1.